The summed E-state index contributed by atoms with van der Waals surface area (Å²) in [5.74, 6) is -0.769. The van der Waals surface area contributed by atoms with Gasteiger partial charge in [-0.25, -0.2) is 0 Å². The van der Waals surface area contributed by atoms with Crippen LogP contribution >= 0.6 is 11.6 Å². The Hall–Kier alpha value is -2.11. The minimum atomic E-state index is -0.712. The Kier molecular flexibility index (Phi) is 4.92. The largest absolute Gasteiger partial charge is 0.298 e. The van der Waals surface area contributed by atoms with E-state index in [1.165, 1.54) is 0 Å². The molecule has 20 heavy (non-hydrogen) atoms. The van der Waals surface area contributed by atoms with E-state index in [0.717, 1.165) is 5.56 Å². The number of carbonyl (C=O) groups is 1. The van der Waals surface area contributed by atoms with Crippen molar-refractivity contribution in [2.24, 2.45) is 0 Å². The predicted octanol–water partition coefficient (Wildman–Crippen LogP) is 4.15. The van der Waals surface area contributed by atoms with Crippen LogP contribution in [0.1, 0.15) is 23.5 Å². The SMILES string of the molecule is N#CC(C(=O)CCc1ccccc1)c1ccc(Cl)cc1. The maximum atomic E-state index is 12.2. The zero-order valence-corrected chi connectivity index (χ0v) is 11.7. The summed E-state index contributed by atoms with van der Waals surface area (Å²) in [6.07, 6.45) is 1.02. The number of carbonyl (C=O) groups excluding carboxylic acids is 1. The molecule has 0 aliphatic rings. The molecule has 0 aliphatic heterocycles. The van der Waals surface area contributed by atoms with Crippen LogP contribution < -0.4 is 0 Å². The highest BCUT2D eigenvalue weighted by Gasteiger charge is 2.19. The first-order valence-electron chi connectivity index (χ1n) is 6.42. The number of aryl methyl sites for hydroxylation is 1. The molecule has 1 unspecified atom stereocenters. The first-order chi connectivity index (χ1) is 9.70. The number of nitriles is 1. The summed E-state index contributed by atoms with van der Waals surface area (Å²) in [6, 6.07) is 18.7. The van der Waals surface area contributed by atoms with Gasteiger partial charge in [0.1, 0.15) is 5.92 Å². The third-order valence-corrected chi connectivity index (χ3v) is 3.41. The Morgan fingerprint density at radius 3 is 2.35 bits per heavy atom. The van der Waals surface area contributed by atoms with Gasteiger partial charge in [0.25, 0.3) is 0 Å². The second-order valence-electron chi connectivity index (χ2n) is 4.57. The van der Waals surface area contributed by atoms with Crippen molar-refractivity contribution >= 4 is 17.4 Å². The molecule has 1 atom stereocenters. The van der Waals surface area contributed by atoms with Crippen molar-refractivity contribution in [2.75, 3.05) is 0 Å². The number of benzene rings is 2. The Balaban J connectivity index is 2.03. The molecule has 0 amide bonds. The molecule has 0 saturated heterocycles. The van der Waals surface area contributed by atoms with Crippen molar-refractivity contribution in [1.29, 1.82) is 5.26 Å². The summed E-state index contributed by atoms with van der Waals surface area (Å²) < 4.78 is 0. The molecule has 0 heterocycles. The molecule has 0 radical (unpaired) electrons. The van der Waals surface area contributed by atoms with Gasteiger partial charge in [-0.1, -0.05) is 54.1 Å². The van der Waals surface area contributed by atoms with Crippen LogP contribution in [0.2, 0.25) is 5.02 Å². The highest BCUT2D eigenvalue weighted by molar-refractivity contribution is 6.30. The van der Waals surface area contributed by atoms with Crippen LogP contribution in [-0.4, -0.2) is 5.78 Å². The van der Waals surface area contributed by atoms with Crippen molar-refractivity contribution in [2.45, 2.75) is 18.8 Å². The summed E-state index contributed by atoms with van der Waals surface area (Å²) >= 11 is 5.81. The third-order valence-electron chi connectivity index (χ3n) is 3.16. The molecule has 2 aromatic carbocycles. The van der Waals surface area contributed by atoms with Gasteiger partial charge in [0.2, 0.25) is 0 Å². The maximum absolute atomic E-state index is 12.2. The van der Waals surface area contributed by atoms with Gasteiger partial charge >= 0.3 is 0 Å². The van der Waals surface area contributed by atoms with Gasteiger partial charge in [0, 0.05) is 11.4 Å². The van der Waals surface area contributed by atoms with Crippen LogP contribution in [0, 0.1) is 11.3 Å². The smallest absolute Gasteiger partial charge is 0.154 e. The molecule has 0 spiro atoms. The van der Waals surface area contributed by atoms with Crippen molar-refractivity contribution in [3.63, 3.8) is 0 Å². The molecule has 0 N–H and O–H groups in total. The summed E-state index contributed by atoms with van der Waals surface area (Å²) in [5.41, 5.74) is 1.81. The number of ketones is 1. The van der Waals surface area contributed by atoms with Crippen molar-refractivity contribution < 1.29 is 4.79 Å². The van der Waals surface area contributed by atoms with Crippen LogP contribution in [0.5, 0.6) is 0 Å². The number of hydrogen-bond donors (Lipinski definition) is 0. The normalized spacial score (nSPS) is 11.6. The fraction of sp³-hybridized carbons (Fsp3) is 0.176. The molecule has 0 aliphatic carbocycles. The number of halogens is 1. The fourth-order valence-corrected chi connectivity index (χ4v) is 2.17. The van der Waals surface area contributed by atoms with Gasteiger partial charge in [0.15, 0.2) is 5.78 Å². The van der Waals surface area contributed by atoms with E-state index in [1.54, 1.807) is 24.3 Å². The molecule has 2 aromatic rings. The first kappa shape index (κ1) is 14.3. The lowest BCUT2D eigenvalue weighted by Crippen LogP contribution is -2.11. The second-order valence-corrected chi connectivity index (χ2v) is 5.00. The van der Waals surface area contributed by atoms with Crippen LogP contribution in [0.15, 0.2) is 54.6 Å². The Morgan fingerprint density at radius 2 is 1.75 bits per heavy atom. The third kappa shape index (κ3) is 3.69. The molecular weight excluding hydrogens is 270 g/mol. The van der Waals surface area contributed by atoms with Crippen molar-refractivity contribution in [3.8, 4) is 6.07 Å². The van der Waals surface area contributed by atoms with E-state index >= 15 is 0 Å². The molecule has 0 bridgehead atoms. The van der Waals surface area contributed by atoms with Crippen molar-refractivity contribution in [3.05, 3.63) is 70.7 Å². The second kappa shape index (κ2) is 6.88. The lowest BCUT2D eigenvalue weighted by atomic mass is 9.92. The van der Waals surface area contributed by atoms with Crippen molar-refractivity contribution in [1.82, 2.24) is 0 Å². The molecule has 0 saturated carbocycles. The summed E-state index contributed by atoms with van der Waals surface area (Å²) in [6.45, 7) is 0. The molecule has 3 heteroatoms. The fourth-order valence-electron chi connectivity index (χ4n) is 2.04. The molecule has 2 nitrogen and oxygen atoms in total. The zero-order chi connectivity index (χ0) is 14.4. The minimum absolute atomic E-state index is 0.0568. The van der Waals surface area contributed by atoms with Gasteiger partial charge in [-0.05, 0) is 29.7 Å². The quantitative estimate of drug-likeness (QED) is 0.827. The maximum Gasteiger partial charge on any atom is 0.154 e. The summed E-state index contributed by atoms with van der Waals surface area (Å²) in [7, 11) is 0. The number of Topliss-reactive ketones (excluding diaryl/α,β-unsaturated/α-hetero) is 1. The van der Waals surface area contributed by atoms with Crippen LogP contribution in [0.25, 0.3) is 0 Å². The van der Waals surface area contributed by atoms with E-state index in [-0.39, 0.29) is 5.78 Å². The van der Waals surface area contributed by atoms with E-state index in [9.17, 15) is 10.1 Å². The number of nitrogens with zero attached hydrogens (tertiary/aromatic N) is 1. The monoisotopic (exact) mass is 283 g/mol. The Morgan fingerprint density at radius 1 is 1.10 bits per heavy atom. The van der Waals surface area contributed by atoms with Gasteiger partial charge in [-0.3, -0.25) is 4.79 Å². The van der Waals surface area contributed by atoms with E-state index in [0.29, 0.717) is 23.4 Å². The van der Waals surface area contributed by atoms with Crippen LogP contribution in [-0.2, 0) is 11.2 Å². The first-order valence-corrected chi connectivity index (χ1v) is 6.80. The number of hydrogen-bond acceptors (Lipinski definition) is 2. The Labute approximate surface area is 123 Å². The van der Waals surface area contributed by atoms with E-state index in [2.05, 4.69) is 6.07 Å². The van der Waals surface area contributed by atoms with Crippen LogP contribution in [0.4, 0.5) is 0 Å². The minimum Gasteiger partial charge on any atom is -0.298 e. The summed E-state index contributed by atoms with van der Waals surface area (Å²) in [5, 5.41) is 9.81. The topological polar surface area (TPSA) is 40.9 Å². The van der Waals surface area contributed by atoms with Gasteiger partial charge < -0.3 is 0 Å². The number of rotatable bonds is 5. The van der Waals surface area contributed by atoms with Gasteiger partial charge in [-0.2, -0.15) is 5.26 Å². The van der Waals surface area contributed by atoms with E-state index < -0.39 is 5.92 Å². The summed E-state index contributed by atoms with van der Waals surface area (Å²) in [4.78, 5) is 12.2. The lowest BCUT2D eigenvalue weighted by molar-refractivity contribution is -0.119. The van der Waals surface area contributed by atoms with Gasteiger partial charge in [-0.15, -0.1) is 0 Å². The molecule has 0 aromatic heterocycles. The molecule has 2 rings (SSSR count). The van der Waals surface area contributed by atoms with E-state index in [1.807, 2.05) is 30.3 Å². The van der Waals surface area contributed by atoms with Crippen LogP contribution in [0.3, 0.4) is 0 Å². The average Bonchev–Trinajstić information content (AvgIpc) is 2.49. The highest BCUT2D eigenvalue weighted by atomic mass is 35.5. The standard InChI is InChI=1S/C17H14ClNO/c18-15-9-7-14(8-10-15)16(12-19)17(20)11-6-13-4-2-1-3-5-13/h1-5,7-10,16H,6,11H2. The zero-order valence-electron chi connectivity index (χ0n) is 10.9. The molecule has 0 fully saturated rings. The highest BCUT2D eigenvalue weighted by Crippen LogP contribution is 2.20. The van der Waals surface area contributed by atoms with E-state index in [4.69, 9.17) is 11.6 Å². The van der Waals surface area contributed by atoms with Gasteiger partial charge in [0.05, 0.1) is 6.07 Å². The lowest BCUT2D eigenvalue weighted by Gasteiger charge is -2.08. The molecule has 100 valence electrons. The predicted molar refractivity (Wildman–Crippen MR) is 79.6 cm³/mol. The Bertz CT molecular complexity index is 614. The average molecular weight is 284 g/mol. The molecular formula is C17H14ClNO.